The van der Waals surface area contributed by atoms with Gasteiger partial charge < -0.3 is 20.3 Å². The Morgan fingerprint density at radius 3 is 2.63 bits per heavy atom. The molecule has 0 fully saturated rings. The molecule has 1 aromatic rings. The van der Waals surface area contributed by atoms with Gasteiger partial charge in [-0.2, -0.15) is 13.2 Å². The van der Waals surface area contributed by atoms with Crippen molar-refractivity contribution in [3.8, 4) is 11.5 Å². The first kappa shape index (κ1) is 13.5. The predicted molar refractivity (Wildman–Crippen MR) is 57.0 cm³/mol. The fraction of sp³-hybridized carbons (Fsp3) is 0.364. The molecular formula is C11H10F3NO4. The van der Waals surface area contributed by atoms with Crippen LogP contribution in [-0.2, 0) is 11.0 Å². The first-order chi connectivity index (χ1) is 8.86. The Morgan fingerprint density at radius 2 is 2.11 bits per heavy atom. The van der Waals surface area contributed by atoms with Gasteiger partial charge in [-0.15, -0.1) is 0 Å². The summed E-state index contributed by atoms with van der Waals surface area (Å²) in [6.07, 6.45) is -4.70. The first-order valence-electron chi connectivity index (χ1n) is 5.28. The fourth-order valence-corrected chi connectivity index (χ4v) is 1.93. The van der Waals surface area contributed by atoms with Crippen molar-refractivity contribution in [3.05, 3.63) is 23.3 Å². The summed E-state index contributed by atoms with van der Waals surface area (Å²) in [6.45, 7) is -0.723. The van der Waals surface area contributed by atoms with E-state index in [2.05, 4.69) is 0 Å². The zero-order valence-corrected chi connectivity index (χ0v) is 9.53. The average Bonchev–Trinajstić information content (AvgIpc) is 2.76. The van der Waals surface area contributed by atoms with Gasteiger partial charge in [-0.05, 0) is 12.1 Å². The van der Waals surface area contributed by atoms with Gasteiger partial charge in [0, 0.05) is 12.1 Å². The number of carboxylic acids is 1. The van der Waals surface area contributed by atoms with E-state index in [1.807, 2.05) is 0 Å². The molecule has 1 aliphatic rings. The number of nitrogens with two attached hydrogens (primary N) is 1. The molecule has 0 aliphatic carbocycles. The highest BCUT2D eigenvalue weighted by atomic mass is 19.4. The summed E-state index contributed by atoms with van der Waals surface area (Å²) in [5, 5.41) is 9.00. The van der Waals surface area contributed by atoms with Crippen molar-refractivity contribution in [2.24, 2.45) is 5.73 Å². The van der Waals surface area contributed by atoms with Gasteiger partial charge in [-0.25, -0.2) is 0 Å². The van der Waals surface area contributed by atoms with Crippen molar-refractivity contribution in [3.63, 3.8) is 0 Å². The number of ether oxygens (including phenoxy) is 2. The number of alkyl halides is 3. The van der Waals surface area contributed by atoms with Crippen molar-refractivity contribution < 1.29 is 32.5 Å². The van der Waals surface area contributed by atoms with Gasteiger partial charge in [0.05, 0.1) is 11.5 Å². The number of carboxylic acid groups (broad SMARTS) is 1. The van der Waals surface area contributed by atoms with Gasteiger partial charge in [0.2, 0.25) is 6.79 Å². The molecule has 1 aliphatic heterocycles. The molecule has 3 N–H and O–H groups in total. The molecule has 0 radical (unpaired) electrons. The number of hydrogen-bond acceptors (Lipinski definition) is 4. The number of halogens is 3. The van der Waals surface area contributed by atoms with Crippen molar-refractivity contribution in [2.75, 3.05) is 13.3 Å². The highest BCUT2D eigenvalue weighted by Crippen LogP contribution is 2.46. The summed E-state index contributed by atoms with van der Waals surface area (Å²) >= 11 is 0. The van der Waals surface area contributed by atoms with E-state index in [-0.39, 0.29) is 18.3 Å². The second kappa shape index (κ2) is 4.61. The number of rotatable bonds is 3. The molecular weight excluding hydrogens is 267 g/mol. The third kappa shape index (κ3) is 2.30. The van der Waals surface area contributed by atoms with Gasteiger partial charge >= 0.3 is 12.1 Å². The molecule has 1 heterocycles. The summed E-state index contributed by atoms with van der Waals surface area (Å²) in [6, 6.07) is 1.87. The maximum absolute atomic E-state index is 12.9. The minimum Gasteiger partial charge on any atom is -0.481 e. The highest BCUT2D eigenvalue weighted by Gasteiger charge is 2.40. The molecule has 1 unspecified atom stereocenters. The Balaban J connectivity index is 2.67. The monoisotopic (exact) mass is 277 g/mol. The van der Waals surface area contributed by atoms with Crippen LogP contribution in [0, 0.1) is 0 Å². The van der Waals surface area contributed by atoms with Gasteiger partial charge in [0.1, 0.15) is 0 Å². The molecule has 0 saturated heterocycles. The van der Waals surface area contributed by atoms with Crippen LogP contribution in [0.4, 0.5) is 13.2 Å². The molecule has 1 aromatic carbocycles. The van der Waals surface area contributed by atoms with E-state index in [1.165, 1.54) is 0 Å². The lowest BCUT2D eigenvalue weighted by molar-refractivity contribution is -0.141. The van der Waals surface area contributed by atoms with Crippen LogP contribution in [0.2, 0.25) is 0 Å². The predicted octanol–water partition coefficient (Wildman–Crippen LogP) is 1.56. The second-order valence-corrected chi connectivity index (χ2v) is 3.88. The van der Waals surface area contributed by atoms with Gasteiger partial charge in [0.15, 0.2) is 11.5 Å². The minimum absolute atomic E-state index is 0.0858. The zero-order chi connectivity index (χ0) is 14.2. The van der Waals surface area contributed by atoms with E-state index < -0.39 is 35.7 Å². The van der Waals surface area contributed by atoms with Gasteiger partial charge in [-0.1, -0.05) is 0 Å². The molecule has 1 atom stereocenters. The summed E-state index contributed by atoms with van der Waals surface area (Å²) in [5.74, 6) is -3.07. The maximum atomic E-state index is 12.9. The highest BCUT2D eigenvalue weighted by molar-refractivity contribution is 5.79. The quantitative estimate of drug-likeness (QED) is 0.876. The first-order valence-corrected chi connectivity index (χ1v) is 5.28. The van der Waals surface area contributed by atoms with Crippen LogP contribution in [0.1, 0.15) is 17.0 Å². The minimum atomic E-state index is -4.70. The van der Waals surface area contributed by atoms with Crippen LogP contribution in [0.15, 0.2) is 12.1 Å². The largest absolute Gasteiger partial charge is 0.481 e. The number of hydrogen-bond donors (Lipinski definition) is 2. The number of aliphatic carboxylic acids is 1. The van der Waals surface area contributed by atoms with Crippen LogP contribution < -0.4 is 15.2 Å². The Bertz CT molecular complexity index is 515. The molecule has 104 valence electrons. The fourth-order valence-electron chi connectivity index (χ4n) is 1.93. The molecule has 5 nitrogen and oxygen atoms in total. The summed E-state index contributed by atoms with van der Waals surface area (Å²) in [7, 11) is 0. The Morgan fingerprint density at radius 1 is 1.42 bits per heavy atom. The van der Waals surface area contributed by atoms with E-state index >= 15 is 0 Å². The van der Waals surface area contributed by atoms with Gasteiger partial charge in [0.25, 0.3) is 0 Å². The van der Waals surface area contributed by atoms with Crippen molar-refractivity contribution >= 4 is 5.97 Å². The van der Waals surface area contributed by atoms with E-state index in [1.54, 1.807) is 0 Å². The molecule has 0 spiro atoms. The average molecular weight is 277 g/mol. The van der Waals surface area contributed by atoms with E-state index in [0.29, 0.717) is 0 Å². The lowest BCUT2D eigenvalue weighted by Crippen LogP contribution is -2.25. The van der Waals surface area contributed by atoms with Crippen LogP contribution in [0.5, 0.6) is 11.5 Å². The van der Waals surface area contributed by atoms with Crippen LogP contribution >= 0.6 is 0 Å². The summed E-state index contributed by atoms with van der Waals surface area (Å²) < 4.78 is 48.8. The van der Waals surface area contributed by atoms with Crippen molar-refractivity contribution in [1.29, 1.82) is 0 Å². The SMILES string of the molecule is NCC(C(=O)O)c1c(C(F)(F)F)ccc2c1OCO2. The third-order valence-electron chi connectivity index (χ3n) is 2.77. The van der Waals surface area contributed by atoms with E-state index in [4.69, 9.17) is 20.3 Å². The van der Waals surface area contributed by atoms with Gasteiger partial charge in [-0.3, -0.25) is 4.79 Å². The second-order valence-electron chi connectivity index (χ2n) is 3.88. The number of benzene rings is 1. The maximum Gasteiger partial charge on any atom is 0.416 e. The molecule has 0 saturated carbocycles. The lowest BCUT2D eigenvalue weighted by atomic mass is 9.92. The van der Waals surface area contributed by atoms with Crippen molar-refractivity contribution in [2.45, 2.75) is 12.1 Å². The van der Waals surface area contributed by atoms with E-state index in [9.17, 15) is 18.0 Å². The topological polar surface area (TPSA) is 81.8 Å². The number of fused-ring (bicyclic) bond motifs is 1. The zero-order valence-electron chi connectivity index (χ0n) is 9.53. The lowest BCUT2D eigenvalue weighted by Gasteiger charge is -2.19. The standard InChI is InChI=1S/C11H10F3NO4/c12-11(13,14)6-1-2-7-9(19-4-18-7)8(6)5(3-15)10(16)17/h1-2,5H,3-4,15H2,(H,16,17). The Kier molecular flexibility index (Phi) is 3.27. The molecule has 19 heavy (non-hydrogen) atoms. The van der Waals surface area contributed by atoms with Crippen LogP contribution in [0.25, 0.3) is 0 Å². The summed E-state index contributed by atoms with van der Waals surface area (Å²) in [5.41, 5.74) is 3.70. The third-order valence-corrected chi connectivity index (χ3v) is 2.77. The number of carbonyl (C=O) groups is 1. The van der Waals surface area contributed by atoms with E-state index in [0.717, 1.165) is 12.1 Å². The van der Waals surface area contributed by atoms with Crippen molar-refractivity contribution in [1.82, 2.24) is 0 Å². The van der Waals surface area contributed by atoms with Crippen LogP contribution in [0.3, 0.4) is 0 Å². The molecule has 8 heteroatoms. The molecule has 0 amide bonds. The smallest absolute Gasteiger partial charge is 0.416 e. The Labute approximate surface area is 105 Å². The summed E-state index contributed by atoms with van der Waals surface area (Å²) in [4.78, 5) is 11.1. The molecule has 0 aromatic heterocycles. The van der Waals surface area contributed by atoms with Crippen LogP contribution in [-0.4, -0.2) is 24.4 Å². The molecule has 2 rings (SSSR count). The molecule has 0 bridgehead atoms. The Hall–Kier alpha value is -1.96. The normalized spacial score (nSPS) is 15.4.